The van der Waals surface area contributed by atoms with Crippen LogP contribution in [0.1, 0.15) is 31.7 Å². The van der Waals surface area contributed by atoms with Gasteiger partial charge >= 0.3 is 0 Å². The fraction of sp³-hybridized carbons (Fsp3) is 0.333. The Kier molecular flexibility index (Phi) is 4.25. The summed E-state index contributed by atoms with van der Waals surface area (Å²) in [4.78, 5) is 17.6. The van der Waals surface area contributed by atoms with Crippen molar-refractivity contribution >= 4 is 32.1 Å². The molecule has 7 heteroatoms. The molecule has 1 aliphatic heterocycles. The minimum absolute atomic E-state index is 0.0844. The highest BCUT2D eigenvalue weighted by atomic mass is 79.9. The van der Waals surface area contributed by atoms with Crippen LogP contribution in [0.2, 0.25) is 0 Å². The first-order valence-electron chi connectivity index (χ1n) is 8.50. The van der Waals surface area contributed by atoms with E-state index in [-0.39, 0.29) is 5.56 Å². The molecule has 3 aromatic rings. The lowest BCUT2D eigenvalue weighted by molar-refractivity contribution is 0.603. The average Bonchev–Trinajstić information content (AvgIpc) is 3.23. The molecule has 128 valence electrons. The number of nitrogens with zero attached hydrogens (tertiary/aromatic N) is 5. The molecule has 0 aliphatic carbocycles. The van der Waals surface area contributed by atoms with Crippen molar-refractivity contribution in [2.24, 2.45) is 4.99 Å². The van der Waals surface area contributed by atoms with Gasteiger partial charge in [-0.2, -0.15) is 0 Å². The van der Waals surface area contributed by atoms with Gasteiger partial charge in [0.1, 0.15) is 5.82 Å². The number of aromatic nitrogens is 4. The van der Waals surface area contributed by atoms with E-state index >= 15 is 0 Å². The number of aliphatic imine (C=N–C) groups is 1. The number of hydrogen-bond acceptors (Lipinski definition) is 4. The van der Waals surface area contributed by atoms with E-state index in [0.29, 0.717) is 29.4 Å². The molecule has 2 aromatic heterocycles. The Bertz CT molecular complexity index is 1020. The molecule has 0 unspecified atom stereocenters. The lowest BCUT2D eigenvalue weighted by Gasteiger charge is -2.12. The van der Waals surface area contributed by atoms with Crippen LogP contribution in [0.5, 0.6) is 0 Å². The topological polar surface area (TPSA) is 64.5 Å². The lowest BCUT2D eigenvalue weighted by atomic mass is 10.2. The molecule has 0 saturated heterocycles. The Hall–Kier alpha value is -2.28. The van der Waals surface area contributed by atoms with Crippen molar-refractivity contribution in [3.05, 3.63) is 46.2 Å². The van der Waals surface area contributed by atoms with Crippen molar-refractivity contribution in [3.8, 4) is 11.4 Å². The minimum atomic E-state index is -0.0844. The predicted octanol–water partition coefficient (Wildman–Crippen LogP) is 3.73. The van der Waals surface area contributed by atoms with Crippen LogP contribution in [0.3, 0.4) is 0 Å². The first-order chi connectivity index (χ1) is 12.2. The predicted molar refractivity (Wildman–Crippen MR) is 102 cm³/mol. The third kappa shape index (κ3) is 2.72. The highest BCUT2D eigenvalue weighted by molar-refractivity contribution is 9.18. The smallest absolute Gasteiger partial charge is 0.266 e. The van der Waals surface area contributed by atoms with Gasteiger partial charge in [0.2, 0.25) is 5.78 Å². The standard InChI is InChI=1S/C18H18BrN5O/c1-2-3-7-10-23-16-13(11-14(19)20-16)17(25)24-15(21-22-18(23)24)12-8-5-4-6-9-12/h4-6,8-9H,2-3,7,10-11H2,1H3. The lowest BCUT2D eigenvalue weighted by Crippen LogP contribution is -2.22. The quantitative estimate of drug-likeness (QED) is 0.613. The zero-order valence-electron chi connectivity index (χ0n) is 13.9. The summed E-state index contributed by atoms with van der Waals surface area (Å²) in [5.74, 6) is 1.85. The van der Waals surface area contributed by atoms with Crippen molar-refractivity contribution in [3.63, 3.8) is 0 Å². The monoisotopic (exact) mass is 399 g/mol. The Morgan fingerprint density at radius 1 is 1.16 bits per heavy atom. The van der Waals surface area contributed by atoms with E-state index in [1.165, 1.54) is 0 Å². The highest BCUT2D eigenvalue weighted by Crippen LogP contribution is 2.29. The van der Waals surface area contributed by atoms with Gasteiger partial charge in [-0.3, -0.25) is 9.36 Å². The second-order valence-electron chi connectivity index (χ2n) is 6.16. The molecule has 0 bridgehead atoms. The van der Waals surface area contributed by atoms with E-state index < -0.39 is 0 Å². The van der Waals surface area contributed by atoms with Crippen molar-refractivity contribution in [2.75, 3.05) is 0 Å². The number of hydrogen-bond donors (Lipinski definition) is 0. The Morgan fingerprint density at radius 2 is 1.96 bits per heavy atom. The first-order valence-corrected chi connectivity index (χ1v) is 9.29. The number of fused-ring (bicyclic) bond motifs is 2. The fourth-order valence-electron chi connectivity index (χ4n) is 3.21. The van der Waals surface area contributed by atoms with Gasteiger partial charge in [0, 0.05) is 18.5 Å². The van der Waals surface area contributed by atoms with Crippen LogP contribution in [-0.4, -0.2) is 23.8 Å². The Labute approximate surface area is 153 Å². The van der Waals surface area contributed by atoms with Crippen LogP contribution >= 0.6 is 15.9 Å². The third-order valence-corrected chi connectivity index (χ3v) is 4.90. The SMILES string of the molecule is CCCCCn1c2c(c(=O)n3c(-c4ccccc4)nnc13)CC(Br)=N2. The van der Waals surface area contributed by atoms with Gasteiger partial charge in [-0.15, -0.1) is 10.2 Å². The summed E-state index contributed by atoms with van der Waals surface area (Å²) in [5.41, 5.74) is 1.50. The van der Waals surface area contributed by atoms with Gasteiger partial charge in [-0.25, -0.2) is 9.39 Å². The van der Waals surface area contributed by atoms with Gasteiger partial charge in [-0.1, -0.05) is 50.1 Å². The van der Waals surface area contributed by atoms with E-state index in [1.54, 1.807) is 4.40 Å². The third-order valence-electron chi connectivity index (χ3n) is 4.44. The normalized spacial score (nSPS) is 13.3. The van der Waals surface area contributed by atoms with E-state index in [0.717, 1.165) is 36.0 Å². The number of unbranched alkanes of at least 4 members (excludes halogenated alkanes) is 2. The van der Waals surface area contributed by atoms with Crippen molar-refractivity contribution in [1.29, 1.82) is 0 Å². The molecule has 25 heavy (non-hydrogen) atoms. The number of halogens is 1. The van der Waals surface area contributed by atoms with Crippen LogP contribution in [0.4, 0.5) is 5.82 Å². The molecule has 4 rings (SSSR count). The summed E-state index contributed by atoms with van der Waals surface area (Å²) in [6, 6.07) is 9.69. The molecule has 1 aliphatic rings. The van der Waals surface area contributed by atoms with Gasteiger partial charge in [0.05, 0.1) is 10.2 Å². The maximum atomic E-state index is 13.1. The van der Waals surface area contributed by atoms with Crippen LogP contribution in [-0.2, 0) is 13.0 Å². The zero-order valence-corrected chi connectivity index (χ0v) is 15.5. The van der Waals surface area contributed by atoms with E-state index in [2.05, 4.69) is 38.0 Å². The van der Waals surface area contributed by atoms with Crippen LogP contribution in [0.25, 0.3) is 17.2 Å². The molecular formula is C18H18BrN5O. The van der Waals surface area contributed by atoms with Crippen molar-refractivity contribution < 1.29 is 0 Å². The zero-order chi connectivity index (χ0) is 17.4. The first kappa shape index (κ1) is 16.2. The number of aryl methyl sites for hydroxylation is 1. The van der Waals surface area contributed by atoms with Gasteiger partial charge in [0.15, 0.2) is 5.82 Å². The van der Waals surface area contributed by atoms with Gasteiger partial charge in [0.25, 0.3) is 5.56 Å². The molecule has 3 heterocycles. The van der Waals surface area contributed by atoms with E-state index in [4.69, 9.17) is 0 Å². The van der Waals surface area contributed by atoms with Crippen LogP contribution in [0, 0.1) is 0 Å². The molecule has 0 amide bonds. The molecule has 0 N–H and O–H groups in total. The van der Waals surface area contributed by atoms with Crippen LogP contribution < -0.4 is 5.56 Å². The highest BCUT2D eigenvalue weighted by Gasteiger charge is 2.25. The summed E-state index contributed by atoms with van der Waals surface area (Å²) in [6.45, 7) is 2.95. The average molecular weight is 400 g/mol. The summed E-state index contributed by atoms with van der Waals surface area (Å²) >= 11 is 3.45. The summed E-state index contributed by atoms with van der Waals surface area (Å²) < 4.78 is 4.44. The summed E-state index contributed by atoms with van der Waals surface area (Å²) in [6.07, 6.45) is 3.79. The number of rotatable bonds is 5. The number of benzene rings is 1. The van der Waals surface area contributed by atoms with Crippen LogP contribution in [0.15, 0.2) is 40.1 Å². The maximum absolute atomic E-state index is 13.1. The Morgan fingerprint density at radius 3 is 2.72 bits per heavy atom. The molecule has 0 fully saturated rings. The van der Waals surface area contributed by atoms with Gasteiger partial charge < -0.3 is 0 Å². The summed E-state index contributed by atoms with van der Waals surface area (Å²) in [7, 11) is 0. The van der Waals surface area contributed by atoms with E-state index in [1.807, 2.05) is 34.9 Å². The van der Waals surface area contributed by atoms with Gasteiger partial charge in [-0.05, 0) is 22.4 Å². The minimum Gasteiger partial charge on any atom is -0.294 e. The van der Waals surface area contributed by atoms with E-state index in [9.17, 15) is 4.79 Å². The largest absolute Gasteiger partial charge is 0.294 e. The second-order valence-corrected chi connectivity index (χ2v) is 7.07. The summed E-state index contributed by atoms with van der Waals surface area (Å²) in [5, 5.41) is 8.64. The molecule has 0 saturated carbocycles. The second kappa shape index (κ2) is 6.55. The molecule has 0 radical (unpaired) electrons. The maximum Gasteiger partial charge on any atom is 0.266 e. The Balaban J connectivity index is 1.96. The molecule has 0 spiro atoms. The fourth-order valence-corrected chi connectivity index (χ4v) is 3.66. The van der Waals surface area contributed by atoms with Crippen molar-refractivity contribution in [2.45, 2.75) is 39.2 Å². The van der Waals surface area contributed by atoms with Crippen molar-refractivity contribution in [1.82, 2.24) is 19.2 Å². The molecular weight excluding hydrogens is 382 g/mol. The molecule has 0 atom stereocenters. The molecule has 1 aromatic carbocycles. The molecule has 6 nitrogen and oxygen atoms in total.